The summed E-state index contributed by atoms with van der Waals surface area (Å²) in [6, 6.07) is 4.34. The lowest BCUT2D eigenvalue weighted by Crippen LogP contribution is -2.47. The normalized spacial score (nSPS) is 33.1. The molecule has 2 saturated heterocycles. The highest BCUT2D eigenvalue weighted by atomic mass is 32.1. The van der Waals surface area contributed by atoms with Crippen LogP contribution < -0.4 is 0 Å². The summed E-state index contributed by atoms with van der Waals surface area (Å²) in [7, 11) is 0. The molecule has 2 fully saturated rings. The van der Waals surface area contributed by atoms with Gasteiger partial charge in [-0.25, -0.2) is 0 Å². The van der Waals surface area contributed by atoms with E-state index in [0.29, 0.717) is 0 Å². The highest BCUT2D eigenvalue weighted by molar-refractivity contribution is 7.12. The van der Waals surface area contributed by atoms with Gasteiger partial charge < -0.3 is 10.0 Å². The third-order valence-electron chi connectivity index (χ3n) is 3.67. The average Bonchev–Trinajstić information content (AvgIpc) is 2.85. The minimum atomic E-state index is -0.204. The van der Waals surface area contributed by atoms with E-state index in [1.165, 1.54) is 11.3 Å². The van der Waals surface area contributed by atoms with E-state index >= 15 is 0 Å². The number of carbonyl (C=O) groups excluding carboxylic acids is 1. The smallest absolute Gasteiger partial charge is 0.264 e. The Kier molecular flexibility index (Phi) is 2.48. The lowest BCUT2D eigenvalue weighted by atomic mass is 10.00. The molecule has 0 saturated carbocycles. The average molecular weight is 237 g/mol. The Labute approximate surface area is 98.7 Å². The lowest BCUT2D eigenvalue weighted by molar-refractivity contribution is 0.0290. The third kappa shape index (κ3) is 1.57. The molecule has 2 unspecified atom stereocenters. The molecule has 1 aromatic heterocycles. The number of amides is 1. The van der Waals surface area contributed by atoms with E-state index in [4.69, 9.17) is 0 Å². The first-order valence-corrected chi connectivity index (χ1v) is 6.68. The summed E-state index contributed by atoms with van der Waals surface area (Å²) >= 11 is 1.50. The van der Waals surface area contributed by atoms with E-state index in [-0.39, 0.29) is 24.1 Å². The molecular formula is C12H15NO2S. The van der Waals surface area contributed by atoms with Crippen LogP contribution in [-0.2, 0) is 0 Å². The fourth-order valence-electron chi connectivity index (χ4n) is 3.01. The first-order chi connectivity index (χ1) is 7.75. The summed E-state index contributed by atoms with van der Waals surface area (Å²) in [6.07, 6.45) is 3.42. The second kappa shape index (κ2) is 3.86. The van der Waals surface area contributed by atoms with Gasteiger partial charge in [-0.1, -0.05) is 6.07 Å². The van der Waals surface area contributed by atoms with Crippen molar-refractivity contribution in [2.45, 2.75) is 43.9 Å². The van der Waals surface area contributed by atoms with E-state index in [1.54, 1.807) is 0 Å². The number of hydrogen-bond donors (Lipinski definition) is 1. The van der Waals surface area contributed by atoms with Crippen molar-refractivity contribution in [3.8, 4) is 0 Å². The Bertz CT molecular complexity index is 376. The van der Waals surface area contributed by atoms with Crippen LogP contribution in [0.1, 0.15) is 35.4 Å². The van der Waals surface area contributed by atoms with Gasteiger partial charge in [0.05, 0.1) is 11.0 Å². The Hall–Kier alpha value is -0.870. The van der Waals surface area contributed by atoms with Gasteiger partial charge in [-0.15, -0.1) is 11.3 Å². The summed E-state index contributed by atoms with van der Waals surface area (Å²) in [4.78, 5) is 15.1. The van der Waals surface area contributed by atoms with Crippen molar-refractivity contribution in [1.82, 2.24) is 4.90 Å². The lowest BCUT2D eigenvalue weighted by Gasteiger charge is -2.36. The maximum atomic E-state index is 12.3. The van der Waals surface area contributed by atoms with Crippen molar-refractivity contribution in [1.29, 1.82) is 0 Å². The molecule has 2 aliphatic heterocycles. The third-order valence-corrected chi connectivity index (χ3v) is 4.53. The van der Waals surface area contributed by atoms with Gasteiger partial charge in [0.2, 0.25) is 0 Å². The maximum Gasteiger partial charge on any atom is 0.264 e. The monoisotopic (exact) mass is 237 g/mol. The standard InChI is InChI=1S/C12H15NO2S/c14-10-6-8-3-4-9(7-10)13(8)12(15)11-2-1-5-16-11/h1-2,5,8-10,14H,3-4,6-7H2. The highest BCUT2D eigenvalue weighted by Gasteiger charge is 2.43. The van der Waals surface area contributed by atoms with Gasteiger partial charge in [0, 0.05) is 12.1 Å². The van der Waals surface area contributed by atoms with Gasteiger partial charge in [0.1, 0.15) is 0 Å². The Morgan fingerprint density at radius 1 is 1.38 bits per heavy atom. The molecule has 4 heteroatoms. The van der Waals surface area contributed by atoms with Gasteiger partial charge in [-0.05, 0) is 37.1 Å². The second-order valence-corrected chi connectivity index (χ2v) is 5.65. The van der Waals surface area contributed by atoms with Crippen molar-refractivity contribution >= 4 is 17.2 Å². The summed E-state index contributed by atoms with van der Waals surface area (Å²) in [5.74, 6) is 0.161. The number of carbonyl (C=O) groups is 1. The van der Waals surface area contributed by atoms with Gasteiger partial charge in [0.25, 0.3) is 5.91 Å². The molecule has 3 heterocycles. The van der Waals surface area contributed by atoms with Crippen molar-refractivity contribution in [2.75, 3.05) is 0 Å². The SMILES string of the molecule is O=C(c1cccs1)N1C2CCC1CC(O)C2. The predicted molar refractivity (Wildman–Crippen MR) is 62.5 cm³/mol. The van der Waals surface area contributed by atoms with Gasteiger partial charge in [-0.2, -0.15) is 0 Å². The van der Waals surface area contributed by atoms with E-state index < -0.39 is 0 Å². The minimum absolute atomic E-state index is 0.161. The van der Waals surface area contributed by atoms with E-state index in [2.05, 4.69) is 0 Å². The van der Waals surface area contributed by atoms with Crippen molar-refractivity contribution in [2.24, 2.45) is 0 Å². The van der Waals surface area contributed by atoms with Crippen LogP contribution in [0.25, 0.3) is 0 Å². The van der Waals surface area contributed by atoms with Crippen molar-refractivity contribution in [3.05, 3.63) is 22.4 Å². The Balaban J connectivity index is 1.84. The second-order valence-electron chi connectivity index (χ2n) is 4.70. The Morgan fingerprint density at radius 3 is 2.62 bits per heavy atom. The highest BCUT2D eigenvalue weighted by Crippen LogP contribution is 2.37. The summed E-state index contributed by atoms with van der Waals surface area (Å²) in [6.45, 7) is 0. The molecule has 1 N–H and O–H groups in total. The van der Waals surface area contributed by atoms with Crippen molar-refractivity contribution < 1.29 is 9.90 Å². The molecule has 0 aromatic carbocycles. The quantitative estimate of drug-likeness (QED) is 0.810. The molecule has 0 spiro atoms. The topological polar surface area (TPSA) is 40.5 Å². The zero-order valence-electron chi connectivity index (χ0n) is 9.00. The molecule has 0 radical (unpaired) electrons. The van der Waals surface area contributed by atoms with Crippen LogP contribution in [0, 0.1) is 0 Å². The Morgan fingerprint density at radius 2 is 2.06 bits per heavy atom. The first-order valence-electron chi connectivity index (χ1n) is 5.80. The number of hydrogen-bond acceptors (Lipinski definition) is 3. The van der Waals surface area contributed by atoms with Gasteiger partial charge in [0.15, 0.2) is 0 Å². The molecule has 86 valence electrons. The van der Waals surface area contributed by atoms with Crippen LogP contribution in [-0.4, -0.2) is 34.1 Å². The van der Waals surface area contributed by atoms with Crippen LogP contribution in [0.4, 0.5) is 0 Å². The van der Waals surface area contributed by atoms with E-state index in [1.807, 2.05) is 22.4 Å². The zero-order chi connectivity index (χ0) is 11.1. The fraction of sp³-hybridized carbons (Fsp3) is 0.583. The molecule has 0 aliphatic carbocycles. The van der Waals surface area contributed by atoms with Crippen LogP contribution in [0.5, 0.6) is 0 Å². The summed E-state index contributed by atoms with van der Waals surface area (Å²) < 4.78 is 0. The number of nitrogens with zero attached hydrogens (tertiary/aromatic N) is 1. The molecule has 2 bridgehead atoms. The van der Waals surface area contributed by atoms with Gasteiger partial charge >= 0.3 is 0 Å². The first kappa shape index (κ1) is 10.3. The zero-order valence-corrected chi connectivity index (χ0v) is 9.82. The van der Waals surface area contributed by atoms with E-state index in [0.717, 1.165) is 30.6 Å². The molecule has 1 amide bonds. The molecular weight excluding hydrogens is 222 g/mol. The number of aliphatic hydroxyl groups is 1. The van der Waals surface area contributed by atoms with Gasteiger partial charge in [-0.3, -0.25) is 4.79 Å². The van der Waals surface area contributed by atoms with E-state index in [9.17, 15) is 9.90 Å². The number of thiophene rings is 1. The molecule has 1 aromatic rings. The van der Waals surface area contributed by atoms with Crippen LogP contribution in [0.3, 0.4) is 0 Å². The van der Waals surface area contributed by atoms with Crippen LogP contribution in [0.2, 0.25) is 0 Å². The molecule has 3 rings (SSSR count). The number of fused-ring (bicyclic) bond motifs is 2. The number of aliphatic hydroxyl groups excluding tert-OH is 1. The minimum Gasteiger partial charge on any atom is -0.393 e. The molecule has 3 nitrogen and oxygen atoms in total. The van der Waals surface area contributed by atoms with Crippen LogP contribution >= 0.6 is 11.3 Å². The number of rotatable bonds is 1. The largest absolute Gasteiger partial charge is 0.393 e. The summed E-state index contributed by atoms with van der Waals surface area (Å²) in [5, 5.41) is 11.6. The fourth-order valence-corrected chi connectivity index (χ4v) is 3.67. The predicted octanol–water partition coefficient (Wildman–Crippen LogP) is 1.88. The number of piperidine rings is 1. The van der Waals surface area contributed by atoms with Crippen LogP contribution in [0.15, 0.2) is 17.5 Å². The van der Waals surface area contributed by atoms with Crippen molar-refractivity contribution in [3.63, 3.8) is 0 Å². The molecule has 2 atom stereocenters. The molecule has 16 heavy (non-hydrogen) atoms. The summed E-state index contributed by atoms with van der Waals surface area (Å²) in [5.41, 5.74) is 0. The molecule has 2 aliphatic rings. The maximum absolute atomic E-state index is 12.3.